The van der Waals surface area contributed by atoms with Crippen LogP contribution in [0.1, 0.15) is 30.6 Å². The lowest BCUT2D eigenvalue weighted by Gasteiger charge is -2.16. The molecule has 16 heavy (non-hydrogen) atoms. The molecule has 1 aliphatic heterocycles. The maximum atomic E-state index is 5.61. The molecule has 0 bridgehead atoms. The van der Waals surface area contributed by atoms with Crippen molar-refractivity contribution in [3.63, 3.8) is 0 Å². The maximum Gasteiger partial charge on any atom is 0.115 e. The highest BCUT2D eigenvalue weighted by molar-refractivity contribution is 5.28. The van der Waals surface area contributed by atoms with Crippen molar-refractivity contribution in [1.82, 2.24) is 15.2 Å². The first-order chi connectivity index (χ1) is 7.76. The van der Waals surface area contributed by atoms with Crippen LogP contribution in [0.15, 0.2) is 18.0 Å². The number of hydrogen-bond acceptors (Lipinski definition) is 4. The molecule has 5 nitrogen and oxygen atoms in total. The lowest BCUT2D eigenvalue weighted by Crippen LogP contribution is -2.30. The molecule has 2 rings (SSSR count). The number of hydrogen-bond donors (Lipinski definition) is 2. The van der Waals surface area contributed by atoms with Crippen LogP contribution >= 0.6 is 0 Å². The molecule has 0 fully saturated rings. The summed E-state index contributed by atoms with van der Waals surface area (Å²) in [5.74, 6) is 6.52. The molecule has 1 aromatic rings. The second-order valence-electron chi connectivity index (χ2n) is 3.90. The standard InChI is InChI=1S/C11H18N4O/c1-3-9-8(7-15(2)14-9)11(13-12)10-5-4-6-16-10/h5,7,11,13H,3-4,6,12H2,1-2H3. The van der Waals surface area contributed by atoms with Gasteiger partial charge in [-0.2, -0.15) is 5.10 Å². The van der Waals surface area contributed by atoms with E-state index in [2.05, 4.69) is 23.5 Å². The number of hydrazine groups is 1. The van der Waals surface area contributed by atoms with E-state index in [0.29, 0.717) is 0 Å². The summed E-state index contributed by atoms with van der Waals surface area (Å²) >= 11 is 0. The average Bonchev–Trinajstić information content (AvgIpc) is 2.89. The second-order valence-corrected chi connectivity index (χ2v) is 3.90. The molecule has 1 unspecified atom stereocenters. The van der Waals surface area contributed by atoms with Gasteiger partial charge in [-0.05, 0) is 12.5 Å². The van der Waals surface area contributed by atoms with Crippen molar-refractivity contribution in [2.24, 2.45) is 12.9 Å². The Balaban J connectivity index is 2.31. The molecule has 3 N–H and O–H groups in total. The number of aromatic nitrogens is 2. The van der Waals surface area contributed by atoms with Crippen molar-refractivity contribution in [2.45, 2.75) is 25.8 Å². The number of rotatable bonds is 4. The van der Waals surface area contributed by atoms with Gasteiger partial charge in [0, 0.05) is 25.2 Å². The van der Waals surface area contributed by atoms with Crippen molar-refractivity contribution in [1.29, 1.82) is 0 Å². The minimum Gasteiger partial charge on any atom is -0.496 e. The highest BCUT2D eigenvalue weighted by Gasteiger charge is 2.23. The third-order valence-electron chi connectivity index (χ3n) is 2.77. The van der Waals surface area contributed by atoms with Crippen LogP contribution in [-0.2, 0) is 18.2 Å². The number of aryl methyl sites for hydroxylation is 2. The molecule has 5 heteroatoms. The maximum absolute atomic E-state index is 5.61. The normalized spacial score (nSPS) is 17.1. The summed E-state index contributed by atoms with van der Waals surface area (Å²) < 4.78 is 7.36. The van der Waals surface area contributed by atoms with E-state index in [0.717, 1.165) is 36.5 Å². The minimum atomic E-state index is -0.0776. The van der Waals surface area contributed by atoms with E-state index < -0.39 is 0 Å². The zero-order valence-electron chi connectivity index (χ0n) is 9.73. The van der Waals surface area contributed by atoms with Gasteiger partial charge in [0.05, 0.1) is 12.3 Å². The van der Waals surface area contributed by atoms with Crippen LogP contribution in [0.25, 0.3) is 0 Å². The summed E-state index contributed by atoms with van der Waals surface area (Å²) in [5, 5.41) is 4.41. The molecule has 1 atom stereocenters. The van der Waals surface area contributed by atoms with Gasteiger partial charge < -0.3 is 4.74 Å². The van der Waals surface area contributed by atoms with E-state index in [1.165, 1.54) is 0 Å². The Labute approximate surface area is 95.2 Å². The Morgan fingerprint density at radius 2 is 2.50 bits per heavy atom. The molecule has 0 radical (unpaired) electrons. The predicted octanol–water partition coefficient (Wildman–Crippen LogP) is 0.791. The second kappa shape index (κ2) is 4.67. The van der Waals surface area contributed by atoms with E-state index in [4.69, 9.17) is 10.6 Å². The van der Waals surface area contributed by atoms with Crippen LogP contribution in [-0.4, -0.2) is 16.4 Å². The Bertz CT molecular complexity index is 397. The fourth-order valence-corrected chi connectivity index (χ4v) is 2.03. The quantitative estimate of drug-likeness (QED) is 0.584. The molecule has 1 aromatic heterocycles. The molecule has 0 saturated heterocycles. The predicted molar refractivity (Wildman–Crippen MR) is 61.3 cm³/mol. The molecule has 88 valence electrons. The smallest absolute Gasteiger partial charge is 0.115 e. The van der Waals surface area contributed by atoms with Gasteiger partial charge in [0.2, 0.25) is 0 Å². The van der Waals surface area contributed by atoms with Crippen LogP contribution in [0.5, 0.6) is 0 Å². The van der Waals surface area contributed by atoms with Crippen LogP contribution in [0.3, 0.4) is 0 Å². The van der Waals surface area contributed by atoms with E-state index in [-0.39, 0.29) is 6.04 Å². The number of ether oxygens (including phenoxy) is 1. The summed E-state index contributed by atoms with van der Waals surface area (Å²) in [6.07, 6.45) is 5.92. The summed E-state index contributed by atoms with van der Waals surface area (Å²) in [6.45, 7) is 2.83. The van der Waals surface area contributed by atoms with Crippen molar-refractivity contribution < 1.29 is 4.74 Å². The van der Waals surface area contributed by atoms with Gasteiger partial charge in [0.15, 0.2) is 0 Å². The van der Waals surface area contributed by atoms with Crippen molar-refractivity contribution >= 4 is 0 Å². The summed E-state index contributed by atoms with van der Waals surface area (Å²) in [7, 11) is 1.92. The first kappa shape index (κ1) is 11.2. The zero-order chi connectivity index (χ0) is 11.5. The molecule has 0 aromatic carbocycles. The van der Waals surface area contributed by atoms with E-state index in [1.807, 2.05) is 17.9 Å². The minimum absolute atomic E-state index is 0.0776. The van der Waals surface area contributed by atoms with Gasteiger partial charge >= 0.3 is 0 Å². The van der Waals surface area contributed by atoms with Gasteiger partial charge in [-0.15, -0.1) is 0 Å². The first-order valence-corrected chi connectivity index (χ1v) is 5.57. The van der Waals surface area contributed by atoms with Crippen LogP contribution in [0, 0.1) is 0 Å². The molecular formula is C11H18N4O. The Morgan fingerprint density at radius 1 is 1.69 bits per heavy atom. The third kappa shape index (κ3) is 1.96. The molecular weight excluding hydrogens is 204 g/mol. The van der Waals surface area contributed by atoms with Crippen molar-refractivity contribution in [3.8, 4) is 0 Å². The summed E-state index contributed by atoms with van der Waals surface area (Å²) in [6, 6.07) is -0.0776. The van der Waals surface area contributed by atoms with Crippen LogP contribution in [0.2, 0.25) is 0 Å². The number of nitrogens with one attached hydrogen (secondary N) is 1. The van der Waals surface area contributed by atoms with Gasteiger partial charge in [-0.1, -0.05) is 6.92 Å². The number of nitrogens with two attached hydrogens (primary N) is 1. The lowest BCUT2D eigenvalue weighted by molar-refractivity contribution is 0.215. The summed E-state index contributed by atoms with van der Waals surface area (Å²) in [5.41, 5.74) is 4.96. The largest absolute Gasteiger partial charge is 0.496 e. The van der Waals surface area contributed by atoms with Crippen LogP contribution in [0.4, 0.5) is 0 Å². The Morgan fingerprint density at radius 3 is 3.06 bits per heavy atom. The van der Waals surface area contributed by atoms with Gasteiger partial charge in [0.25, 0.3) is 0 Å². The molecule has 0 amide bonds. The van der Waals surface area contributed by atoms with Gasteiger partial charge in [-0.25, -0.2) is 5.43 Å². The topological polar surface area (TPSA) is 65.1 Å². The highest BCUT2D eigenvalue weighted by Crippen LogP contribution is 2.27. The summed E-state index contributed by atoms with van der Waals surface area (Å²) in [4.78, 5) is 0. The van der Waals surface area contributed by atoms with E-state index >= 15 is 0 Å². The number of nitrogens with zero attached hydrogens (tertiary/aromatic N) is 2. The first-order valence-electron chi connectivity index (χ1n) is 5.57. The zero-order valence-corrected chi connectivity index (χ0v) is 9.73. The molecule has 0 saturated carbocycles. The third-order valence-corrected chi connectivity index (χ3v) is 2.77. The lowest BCUT2D eigenvalue weighted by atomic mass is 10.1. The monoisotopic (exact) mass is 222 g/mol. The average molecular weight is 222 g/mol. The Kier molecular flexibility index (Phi) is 3.26. The van der Waals surface area contributed by atoms with E-state index in [9.17, 15) is 0 Å². The molecule has 0 spiro atoms. The van der Waals surface area contributed by atoms with Crippen molar-refractivity contribution in [3.05, 3.63) is 29.3 Å². The molecule has 2 heterocycles. The van der Waals surface area contributed by atoms with Gasteiger partial charge in [-0.3, -0.25) is 10.5 Å². The molecule has 0 aliphatic carbocycles. The van der Waals surface area contributed by atoms with Gasteiger partial charge in [0.1, 0.15) is 11.8 Å². The highest BCUT2D eigenvalue weighted by atomic mass is 16.5. The Hall–Kier alpha value is -1.33. The van der Waals surface area contributed by atoms with Crippen molar-refractivity contribution in [2.75, 3.05) is 6.61 Å². The fourth-order valence-electron chi connectivity index (χ4n) is 2.03. The fraction of sp³-hybridized carbons (Fsp3) is 0.545. The van der Waals surface area contributed by atoms with E-state index in [1.54, 1.807) is 0 Å². The SMILES string of the molecule is CCc1nn(C)cc1C(NN)C1=CCCO1. The van der Waals surface area contributed by atoms with Crippen LogP contribution < -0.4 is 11.3 Å². The molecule has 1 aliphatic rings.